The van der Waals surface area contributed by atoms with Crippen LogP contribution in [0.3, 0.4) is 0 Å². The Hall–Kier alpha value is -3.47. The maximum absolute atomic E-state index is 13.3. The van der Waals surface area contributed by atoms with Crippen molar-refractivity contribution < 1.29 is 14.0 Å². The minimum absolute atomic E-state index is 0.0469. The van der Waals surface area contributed by atoms with Gasteiger partial charge in [-0.2, -0.15) is 0 Å². The van der Waals surface area contributed by atoms with E-state index in [0.29, 0.717) is 35.7 Å². The van der Waals surface area contributed by atoms with Crippen molar-refractivity contribution in [3.8, 4) is 11.1 Å². The third-order valence-electron chi connectivity index (χ3n) is 6.29. The van der Waals surface area contributed by atoms with E-state index < -0.39 is 0 Å². The normalized spacial score (nSPS) is 15.8. The molecule has 1 atom stereocenters. The fourth-order valence-corrected chi connectivity index (χ4v) is 4.42. The molecule has 3 aromatic carbocycles. The van der Waals surface area contributed by atoms with Crippen molar-refractivity contribution in [2.45, 2.75) is 32.6 Å². The third kappa shape index (κ3) is 5.86. The zero-order chi connectivity index (χ0) is 23.2. The van der Waals surface area contributed by atoms with E-state index in [1.165, 1.54) is 12.1 Å². The number of aryl methyl sites for hydroxylation is 1. The van der Waals surface area contributed by atoms with Crippen LogP contribution in [-0.2, 0) is 4.79 Å². The summed E-state index contributed by atoms with van der Waals surface area (Å²) >= 11 is 0. The molecule has 2 amide bonds. The zero-order valence-corrected chi connectivity index (χ0v) is 18.9. The molecule has 1 aliphatic heterocycles. The smallest absolute Gasteiger partial charge is 0.253 e. The van der Waals surface area contributed by atoms with Gasteiger partial charge in [0.25, 0.3) is 5.91 Å². The summed E-state index contributed by atoms with van der Waals surface area (Å²) < 4.78 is 13.3. The van der Waals surface area contributed by atoms with Crippen molar-refractivity contribution in [2.24, 2.45) is 5.92 Å². The topological polar surface area (TPSA) is 49.4 Å². The standard InChI is InChI=1S/C28H29FN2O2/c1-20-18-25(29)14-15-26(20)30-27(32)16-9-21-6-5-17-31(19-21)28(33)24-12-10-23(11-13-24)22-7-3-2-4-8-22/h2-4,7-8,10-15,18,21H,5-6,9,16-17,19H2,1H3,(H,30,32). The summed E-state index contributed by atoms with van der Waals surface area (Å²) in [5.41, 5.74) is 4.26. The van der Waals surface area contributed by atoms with Gasteiger partial charge in [0.2, 0.25) is 5.91 Å². The number of rotatable bonds is 6. The van der Waals surface area contributed by atoms with Gasteiger partial charge in [0.15, 0.2) is 0 Å². The summed E-state index contributed by atoms with van der Waals surface area (Å²) in [6, 6.07) is 22.2. The average Bonchev–Trinajstić information content (AvgIpc) is 2.85. The summed E-state index contributed by atoms with van der Waals surface area (Å²) in [7, 11) is 0. The van der Waals surface area contributed by atoms with Crippen LogP contribution in [0.5, 0.6) is 0 Å². The lowest BCUT2D eigenvalue weighted by Crippen LogP contribution is -2.40. The van der Waals surface area contributed by atoms with Crippen molar-refractivity contribution >= 4 is 17.5 Å². The minimum Gasteiger partial charge on any atom is -0.338 e. The van der Waals surface area contributed by atoms with E-state index in [4.69, 9.17) is 0 Å². The second-order valence-electron chi connectivity index (χ2n) is 8.75. The van der Waals surface area contributed by atoms with E-state index in [-0.39, 0.29) is 17.6 Å². The number of benzene rings is 3. The highest BCUT2D eigenvalue weighted by atomic mass is 19.1. The lowest BCUT2D eigenvalue weighted by molar-refractivity contribution is -0.116. The number of nitrogens with zero attached hydrogens (tertiary/aromatic N) is 1. The number of likely N-dealkylation sites (tertiary alicyclic amines) is 1. The molecule has 1 N–H and O–H groups in total. The molecule has 4 nitrogen and oxygen atoms in total. The Morgan fingerprint density at radius 3 is 2.45 bits per heavy atom. The number of carbonyl (C=O) groups excluding carboxylic acids is 2. The summed E-state index contributed by atoms with van der Waals surface area (Å²) in [4.78, 5) is 27.4. The van der Waals surface area contributed by atoms with Gasteiger partial charge in [0.1, 0.15) is 5.82 Å². The van der Waals surface area contributed by atoms with Crippen LogP contribution in [0.15, 0.2) is 72.8 Å². The number of hydrogen-bond acceptors (Lipinski definition) is 2. The zero-order valence-electron chi connectivity index (χ0n) is 18.9. The van der Waals surface area contributed by atoms with E-state index >= 15 is 0 Å². The predicted octanol–water partition coefficient (Wildman–Crippen LogP) is 6.07. The van der Waals surface area contributed by atoms with E-state index in [1.54, 1.807) is 13.0 Å². The van der Waals surface area contributed by atoms with Crippen LogP contribution < -0.4 is 5.32 Å². The van der Waals surface area contributed by atoms with Gasteiger partial charge in [-0.15, -0.1) is 0 Å². The van der Waals surface area contributed by atoms with Crippen LogP contribution in [0, 0.1) is 18.7 Å². The second kappa shape index (κ2) is 10.4. The first-order valence-electron chi connectivity index (χ1n) is 11.5. The first-order valence-corrected chi connectivity index (χ1v) is 11.5. The van der Waals surface area contributed by atoms with Gasteiger partial charge in [0, 0.05) is 30.8 Å². The van der Waals surface area contributed by atoms with Gasteiger partial charge in [0.05, 0.1) is 0 Å². The second-order valence-corrected chi connectivity index (χ2v) is 8.75. The molecule has 4 rings (SSSR count). The monoisotopic (exact) mass is 444 g/mol. The van der Waals surface area contributed by atoms with E-state index in [1.807, 2.05) is 47.4 Å². The number of amides is 2. The highest BCUT2D eigenvalue weighted by Crippen LogP contribution is 2.25. The lowest BCUT2D eigenvalue weighted by atomic mass is 9.92. The first-order chi connectivity index (χ1) is 16.0. The Labute approximate surface area is 194 Å². The predicted molar refractivity (Wildman–Crippen MR) is 130 cm³/mol. The molecule has 0 spiro atoms. The minimum atomic E-state index is -0.313. The molecule has 1 fully saturated rings. The van der Waals surface area contributed by atoms with Crippen molar-refractivity contribution in [2.75, 3.05) is 18.4 Å². The number of halogens is 1. The van der Waals surface area contributed by atoms with Crippen molar-refractivity contribution in [1.82, 2.24) is 4.90 Å². The number of hydrogen-bond donors (Lipinski definition) is 1. The molecule has 0 aromatic heterocycles. The first kappa shape index (κ1) is 22.7. The molecular weight excluding hydrogens is 415 g/mol. The molecule has 1 heterocycles. The van der Waals surface area contributed by atoms with Crippen LogP contribution >= 0.6 is 0 Å². The van der Waals surface area contributed by atoms with Crippen LogP contribution in [-0.4, -0.2) is 29.8 Å². The summed E-state index contributed by atoms with van der Waals surface area (Å²) in [6.07, 6.45) is 3.06. The fourth-order valence-electron chi connectivity index (χ4n) is 4.42. The molecule has 1 aliphatic rings. The van der Waals surface area contributed by atoms with Crippen LogP contribution in [0.25, 0.3) is 11.1 Å². The Kier molecular flexibility index (Phi) is 7.18. The maximum atomic E-state index is 13.3. The van der Waals surface area contributed by atoms with E-state index in [9.17, 15) is 14.0 Å². The third-order valence-corrected chi connectivity index (χ3v) is 6.29. The van der Waals surface area contributed by atoms with Crippen molar-refractivity contribution in [1.29, 1.82) is 0 Å². The lowest BCUT2D eigenvalue weighted by Gasteiger charge is -2.33. The molecule has 3 aromatic rings. The van der Waals surface area contributed by atoms with Gasteiger partial charge in [-0.3, -0.25) is 9.59 Å². The molecule has 0 aliphatic carbocycles. The highest BCUT2D eigenvalue weighted by Gasteiger charge is 2.25. The SMILES string of the molecule is Cc1cc(F)ccc1NC(=O)CCC1CCCN(C(=O)c2ccc(-c3ccccc3)cc2)C1. The summed E-state index contributed by atoms with van der Waals surface area (Å²) in [5, 5.41) is 2.87. The van der Waals surface area contributed by atoms with Gasteiger partial charge in [-0.25, -0.2) is 4.39 Å². The fraction of sp³-hybridized carbons (Fsp3) is 0.286. The molecule has 0 bridgehead atoms. The highest BCUT2D eigenvalue weighted by molar-refractivity contribution is 5.95. The molecule has 170 valence electrons. The Morgan fingerprint density at radius 2 is 1.73 bits per heavy atom. The van der Waals surface area contributed by atoms with Gasteiger partial charge >= 0.3 is 0 Å². The quantitative estimate of drug-likeness (QED) is 0.501. The Balaban J connectivity index is 1.30. The summed E-state index contributed by atoms with van der Waals surface area (Å²) in [5.74, 6) is -0.0473. The van der Waals surface area contributed by atoms with Gasteiger partial charge in [-0.1, -0.05) is 42.5 Å². The molecule has 1 unspecified atom stereocenters. The van der Waals surface area contributed by atoms with Crippen LogP contribution in [0.1, 0.15) is 41.6 Å². The van der Waals surface area contributed by atoms with Gasteiger partial charge < -0.3 is 10.2 Å². The van der Waals surface area contributed by atoms with Crippen LogP contribution in [0.4, 0.5) is 10.1 Å². The maximum Gasteiger partial charge on any atom is 0.253 e. The molecule has 0 radical (unpaired) electrons. The largest absolute Gasteiger partial charge is 0.338 e. The number of carbonyl (C=O) groups is 2. The number of piperidine rings is 1. The average molecular weight is 445 g/mol. The molecule has 1 saturated heterocycles. The van der Waals surface area contributed by atoms with Crippen molar-refractivity contribution in [3.05, 3.63) is 89.7 Å². The number of anilines is 1. The van der Waals surface area contributed by atoms with Gasteiger partial charge in [-0.05, 0) is 79.1 Å². The van der Waals surface area contributed by atoms with Crippen molar-refractivity contribution in [3.63, 3.8) is 0 Å². The van der Waals surface area contributed by atoms with E-state index in [0.717, 1.165) is 36.9 Å². The summed E-state index contributed by atoms with van der Waals surface area (Å²) in [6.45, 7) is 3.19. The molecular formula is C28H29FN2O2. The van der Waals surface area contributed by atoms with Crippen LogP contribution in [0.2, 0.25) is 0 Å². The Bertz CT molecular complexity index is 1110. The molecule has 5 heteroatoms. The van der Waals surface area contributed by atoms with E-state index in [2.05, 4.69) is 17.4 Å². The molecule has 33 heavy (non-hydrogen) atoms. The number of nitrogens with one attached hydrogen (secondary N) is 1. The Morgan fingerprint density at radius 1 is 1.00 bits per heavy atom. The molecule has 0 saturated carbocycles.